The van der Waals surface area contributed by atoms with E-state index in [0.29, 0.717) is 23.5 Å². The lowest BCUT2D eigenvalue weighted by molar-refractivity contribution is -0.142. The zero-order valence-electron chi connectivity index (χ0n) is 19.6. The molecule has 2 aliphatic rings. The van der Waals surface area contributed by atoms with Crippen LogP contribution in [0, 0.1) is 11.8 Å². The minimum Gasteiger partial charge on any atom is -0.480 e. The molecule has 2 aromatic carbocycles. The predicted octanol–water partition coefficient (Wildman–Crippen LogP) is 4.11. The molecule has 0 aliphatic heterocycles. The highest BCUT2D eigenvalue weighted by Crippen LogP contribution is 2.36. The lowest BCUT2D eigenvalue weighted by Gasteiger charge is -2.36. The van der Waals surface area contributed by atoms with Gasteiger partial charge in [-0.25, -0.2) is 4.79 Å². The molecule has 0 spiro atoms. The standard InChI is InChI=1S/C28H34N2O4/c1-18(24-11-5-7-20-6-2-3-10-25(20)24)29-23-9-4-8-22(16-23)19-12-14-21(15-13-19)27(32)30-26(17-31)28(33)34/h2-3,5-7,10-12,14-15,18-19,22-23,26,29,31H,4,8-9,13,16-17H2,1H3,(H,30,32)(H,33,34)/t18-,19?,22+,23+,26?/m1/s1. The molecule has 4 N–H and O–H groups in total. The van der Waals surface area contributed by atoms with E-state index in [-0.39, 0.29) is 6.04 Å². The van der Waals surface area contributed by atoms with Crippen LogP contribution in [-0.4, -0.2) is 40.8 Å². The highest BCUT2D eigenvalue weighted by atomic mass is 16.4. The van der Waals surface area contributed by atoms with Gasteiger partial charge in [-0.1, -0.05) is 67.1 Å². The number of aliphatic hydroxyl groups is 1. The maximum atomic E-state index is 12.3. The number of hydrogen-bond acceptors (Lipinski definition) is 4. The maximum absolute atomic E-state index is 12.3. The average Bonchev–Trinajstić information content (AvgIpc) is 2.86. The van der Waals surface area contributed by atoms with Gasteiger partial charge in [-0.15, -0.1) is 0 Å². The maximum Gasteiger partial charge on any atom is 0.328 e. The Labute approximate surface area is 200 Å². The van der Waals surface area contributed by atoms with Gasteiger partial charge in [-0.05, 0) is 60.8 Å². The summed E-state index contributed by atoms with van der Waals surface area (Å²) >= 11 is 0. The number of nitrogens with one attached hydrogen (secondary N) is 2. The van der Waals surface area contributed by atoms with E-state index in [1.165, 1.54) is 35.6 Å². The van der Waals surface area contributed by atoms with Gasteiger partial charge < -0.3 is 20.8 Å². The van der Waals surface area contributed by atoms with E-state index in [1.54, 1.807) is 6.08 Å². The second-order valence-corrected chi connectivity index (χ2v) is 9.55. The first-order chi connectivity index (χ1) is 16.5. The number of fused-ring (bicyclic) bond motifs is 1. The van der Waals surface area contributed by atoms with Crippen LogP contribution in [0.5, 0.6) is 0 Å². The summed E-state index contributed by atoms with van der Waals surface area (Å²) in [5.41, 5.74) is 1.80. The predicted molar refractivity (Wildman–Crippen MR) is 133 cm³/mol. The molecule has 0 heterocycles. The third kappa shape index (κ3) is 5.57. The number of carboxylic acid groups (broad SMARTS) is 1. The van der Waals surface area contributed by atoms with Crippen LogP contribution in [-0.2, 0) is 9.59 Å². The topological polar surface area (TPSA) is 98.7 Å². The number of aliphatic hydroxyl groups excluding tert-OH is 1. The Morgan fingerprint density at radius 3 is 2.65 bits per heavy atom. The first-order valence-corrected chi connectivity index (χ1v) is 12.2. The fraction of sp³-hybridized carbons (Fsp3) is 0.429. The molecule has 2 unspecified atom stereocenters. The van der Waals surface area contributed by atoms with Crippen LogP contribution in [0.1, 0.15) is 50.6 Å². The van der Waals surface area contributed by atoms with Crippen molar-refractivity contribution in [1.82, 2.24) is 10.6 Å². The molecular formula is C28H34N2O4. The van der Waals surface area contributed by atoms with Crippen molar-refractivity contribution in [3.63, 3.8) is 0 Å². The van der Waals surface area contributed by atoms with E-state index in [0.717, 1.165) is 12.8 Å². The molecule has 1 amide bonds. The molecule has 2 aliphatic carbocycles. The fourth-order valence-electron chi connectivity index (χ4n) is 5.42. The van der Waals surface area contributed by atoms with Crippen LogP contribution in [0.2, 0.25) is 0 Å². The summed E-state index contributed by atoms with van der Waals surface area (Å²) in [5, 5.41) is 27.0. The molecule has 0 radical (unpaired) electrons. The third-order valence-electron chi connectivity index (χ3n) is 7.28. The number of carboxylic acids is 1. The number of rotatable bonds is 8. The molecule has 34 heavy (non-hydrogen) atoms. The second kappa shape index (κ2) is 11.0. The molecule has 4 rings (SSSR count). The summed E-state index contributed by atoms with van der Waals surface area (Å²) in [6.07, 6.45) is 11.2. The van der Waals surface area contributed by atoms with Crippen molar-refractivity contribution in [3.8, 4) is 0 Å². The summed E-state index contributed by atoms with van der Waals surface area (Å²) in [7, 11) is 0. The lowest BCUT2D eigenvalue weighted by atomic mass is 9.74. The quantitative estimate of drug-likeness (QED) is 0.473. The van der Waals surface area contributed by atoms with Crippen molar-refractivity contribution in [2.24, 2.45) is 11.8 Å². The highest BCUT2D eigenvalue weighted by Gasteiger charge is 2.29. The molecule has 180 valence electrons. The fourth-order valence-corrected chi connectivity index (χ4v) is 5.42. The van der Waals surface area contributed by atoms with Crippen molar-refractivity contribution < 1.29 is 19.8 Å². The number of carbonyl (C=O) groups is 2. The van der Waals surface area contributed by atoms with Crippen LogP contribution in [0.15, 0.2) is 66.3 Å². The minimum absolute atomic E-state index is 0.264. The number of hydrogen-bond donors (Lipinski definition) is 4. The van der Waals surface area contributed by atoms with Crippen LogP contribution in [0.25, 0.3) is 10.8 Å². The SMILES string of the molecule is C[C@@H](N[C@H]1CCC[C@H](C2C=CC(C(=O)NC(CO)C(=O)O)=CC2)C1)c1cccc2ccccc12. The monoisotopic (exact) mass is 462 g/mol. The first-order valence-electron chi connectivity index (χ1n) is 12.2. The lowest BCUT2D eigenvalue weighted by Crippen LogP contribution is -2.44. The number of amides is 1. The van der Waals surface area contributed by atoms with Crippen molar-refractivity contribution in [3.05, 3.63) is 71.8 Å². The van der Waals surface area contributed by atoms with Gasteiger partial charge in [0.15, 0.2) is 6.04 Å². The van der Waals surface area contributed by atoms with Gasteiger partial charge >= 0.3 is 5.97 Å². The van der Waals surface area contributed by atoms with Crippen molar-refractivity contribution in [2.75, 3.05) is 6.61 Å². The van der Waals surface area contributed by atoms with Gasteiger partial charge in [0.25, 0.3) is 5.91 Å². The van der Waals surface area contributed by atoms with Crippen LogP contribution in [0.3, 0.4) is 0 Å². The van der Waals surface area contributed by atoms with Gasteiger partial charge in [0.1, 0.15) is 0 Å². The number of aliphatic carboxylic acids is 1. The molecular weight excluding hydrogens is 428 g/mol. The molecule has 0 bridgehead atoms. The largest absolute Gasteiger partial charge is 0.480 e. The molecule has 0 saturated heterocycles. The van der Waals surface area contributed by atoms with E-state index >= 15 is 0 Å². The van der Waals surface area contributed by atoms with Crippen LogP contribution >= 0.6 is 0 Å². The third-order valence-corrected chi connectivity index (χ3v) is 7.28. The zero-order valence-corrected chi connectivity index (χ0v) is 19.6. The van der Waals surface area contributed by atoms with E-state index in [4.69, 9.17) is 10.2 Å². The highest BCUT2D eigenvalue weighted by molar-refractivity contribution is 5.98. The molecule has 0 aromatic heterocycles. The Hall–Kier alpha value is -2.96. The molecule has 1 saturated carbocycles. The van der Waals surface area contributed by atoms with E-state index in [2.05, 4.69) is 66.1 Å². The van der Waals surface area contributed by atoms with E-state index in [1.807, 2.05) is 6.08 Å². The Kier molecular flexibility index (Phi) is 7.80. The normalized spacial score (nSPS) is 24.3. The van der Waals surface area contributed by atoms with Crippen LogP contribution in [0.4, 0.5) is 0 Å². The average molecular weight is 463 g/mol. The Bertz CT molecular complexity index is 1090. The Morgan fingerprint density at radius 1 is 1.12 bits per heavy atom. The van der Waals surface area contributed by atoms with Gasteiger partial charge in [-0.2, -0.15) is 0 Å². The number of allylic oxidation sites excluding steroid dienone is 2. The van der Waals surface area contributed by atoms with E-state index in [9.17, 15) is 9.59 Å². The molecule has 5 atom stereocenters. The minimum atomic E-state index is -1.28. The van der Waals surface area contributed by atoms with Crippen molar-refractivity contribution in [1.29, 1.82) is 0 Å². The Morgan fingerprint density at radius 2 is 1.91 bits per heavy atom. The molecule has 1 fully saturated rings. The summed E-state index contributed by atoms with van der Waals surface area (Å²) in [4.78, 5) is 23.4. The van der Waals surface area contributed by atoms with Gasteiger partial charge in [-0.3, -0.25) is 4.79 Å². The van der Waals surface area contributed by atoms with Gasteiger partial charge in [0.05, 0.1) is 6.61 Å². The summed E-state index contributed by atoms with van der Waals surface area (Å²) in [6.45, 7) is 1.62. The molecule has 6 nitrogen and oxygen atoms in total. The summed E-state index contributed by atoms with van der Waals surface area (Å²) in [5.74, 6) is -0.773. The summed E-state index contributed by atoms with van der Waals surface area (Å²) in [6, 6.07) is 14.5. The van der Waals surface area contributed by atoms with Crippen LogP contribution < -0.4 is 10.6 Å². The first kappa shape index (κ1) is 24.2. The smallest absolute Gasteiger partial charge is 0.328 e. The molecule has 6 heteroatoms. The number of carbonyl (C=O) groups excluding carboxylic acids is 1. The van der Waals surface area contributed by atoms with Crippen molar-refractivity contribution >= 4 is 22.6 Å². The molecule has 2 aromatic rings. The second-order valence-electron chi connectivity index (χ2n) is 9.55. The van der Waals surface area contributed by atoms with Gasteiger partial charge in [0.2, 0.25) is 0 Å². The zero-order chi connectivity index (χ0) is 24.1. The number of benzene rings is 2. The van der Waals surface area contributed by atoms with Gasteiger partial charge in [0, 0.05) is 17.7 Å². The Balaban J connectivity index is 1.34. The summed E-state index contributed by atoms with van der Waals surface area (Å²) < 4.78 is 0. The van der Waals surface area contributed by atoms with E-state index < -0.39 is 24.5 Å². The van der Waals surface area contributed by atoms with Crippen molar-refractivity contribution in [2.45, 2.75) is 57.2 Å².